The fourth-order valence-electron chi connectivity index (χ4n) is 6.81. The lowest BCUT2D eigenvalue weighted by Gasteiger charge is -2.25. The number of primary amides is 1. The third-order valence-electron chi connectivity index (χ3n) is 9.77. The summed E-state index contributed by atoms with van der Waals surface area (Å²) in [6.45, 7) is -2.60. The van der Waals surface area contributed by atoms with Crippen LogP contribution in [-0.2, 0) is 41.4 Å². The van der Waals surface area contributed by atoms with Crippen LogP contribution in [0.1, 0.15) is 29.3 Å². The highest BCUT2D eigenvalue weighted by atomic mass is 31.2. The Bertz CT molecular complexity index is 2510. The van der Waals surface area contributed by atoms with E-state index in [9.17, 15) is 49.2 Å². The van der Waals surface area contributed by atoms with Crippen molar-refractivity contribution in [3.63, 3.8) is 0 Å². The molecule has 2 unspecified atom stereocenters. The zero-order chi connectivity index (χ0) is 43.5. The van der Waals surface area contributed by atoms with Crippen molar-refractivity contribution in [3.05, 3.63) is 37.5 Å². The van der Waals surface area contributed by atoms with Crippen molar-refractivity contribution >= 4 is 55.5 Å². The number of nitrogens with two attached hydrogens (primary N) is 3. The van der Waals surface area contributed by atoms with Crippen molar-refractivity contribution in [2.24, 2.45) is 5.73 Å². The number of fused-ring (bicyclic) bond motifs is 2. The van der Waals surface area contributed by atoms with Gasteiger partial charge in [0.1, 0.15) is 85.0 Å². The average molecular weight is 903 g/mol. The van der Waals surface area contributed by atoms with Crippen LogP contribution in [0.5, 0.6) is 0 Å². The second-order valence-electron chi connectivity index (χ2n) is 13.6. The lowest BCUT2D eigenvalue weighted by molar-refractivity contribution is -0.0670. The molecule has 0 saturated carbocycles. The first-order valence-corrected chi connectivity index (χ1v) is 20.6. The van der Waals surface area contributed by atoms with Gasteiger partial charge < -0.3 is 66.7 Å². The zero-order valence-electron chi connectivity index (χ0n) is 30.7. The van der Waals surface area contributed by atoms with E-state index in [4.69, 9.17) is 49.5 Å². The van der Waals surface area contributed by atoms with Crippen molar-refractivity contribution < 1.29 is 81.5 Å². The lowest BCUT2D eigenvalue weighted by atomic mass is 10.1. The number of hydrogen-bond acceptors (Lipinski definition) is 25. The first kappa shape index (κ1) is 42.9. The van der Waals surface area contributed by atoms with Crippen molar-refractivity contribution in [1.82, 2.24) is 53.8 Å². The smallest absolute Gasteiger partial charge is 0.394 e. The Morgan fingerprint density at radius 2 is 1.15 bits per heavy atom. The molecule has 3 aliphatic rings. The minimum atomic E-state index is -5.31. The van der Waals surface area contributed by atoms with Crippen LogP contribution in [0.25, 0.3) is 22.3 Å². The number of amides is 1. The van der Waals surface area contributed by atoms with Gasteiger partial charge in [-0.3, -0.25) is 32.0 Å². The molecule has 0 bridgehead atoms. The Morgan fingerprint density at radius 3 is 1.64 bits per heavy atom. The Morgan fingerprint density at radius 1 is 0.672 bits per heavy atom. The molecular formula is C28H36N14O17P2. The van der Waals surface area contributed by atoms with Crippen LogP contribution in [0.15, 0.2) is 31.6 Å². The van der Waals surface area contributed by atoms with Crippen LogP contribution < -0.4 is 17.2 Å². The number of carbonyl (C=O) groups excluding carboxylic acids is 1. The second kappa shape index (κ2) is 16.5. The molecule has 31 nitrogen and oxygen atoms in total. The van der Waals surface area contributed by atoms with Crippen LogP contribution in [0.2, 0.25) is 0 Å². The van der Waals surface area contributed by atoms with Gasteiger partial charge in [0.25, 0.3) is 5.91 Å². The van der Waals surface area contributed by atoms with Gasteiger partial charge in [0.05, 0.1) is 32.5 Å². The highest BCUT2D eigenvalue weighted by molar-refractivity contribution is 7.47. The fourth-order valence-corrected chi connectivity index (χ4v) is 8.68. The minimum absolute atomic E-state index is 0.00131. The number of aromatic nitrogens is 11. The lowest BCUT2D eigenvalue weighted by Crippen LogP contribution is -2.37. The molecule has 5 aromatic rings. The van der Waals surface area contributed by atoms with E-state index in [2.05, 4.69) is 40.0 Å². The second-order valence-corrected chi connectivity index (χ2v) is 16.4. The van der Waals surface area contributed by atoms with E-state index in [1.165, 1.54) is 10.9 Å². The summed E-state index contributed by atoms with van der Waals surface area (Å²) >= 11 is 0. The van der Waals surface area contributed by atoms with Gasteiger partial charge in [-0.15, -0.1) is 5.10 Å². The van der Waals surface area contributed by atoms with Gasteiger partial charge >= 0.3 is 15.6 Å². The first-order valence-electron chi connectivity index (χ1n) is 17.6. The van der Waals surface area contributed by atoms with Gasteiger partial charge in [-0.25, -0.2) is 48.7 Å². The predicted molar refractivity (Wildman–Crippen MR) is 192 cm³/mol. The number of phosphoric ester groups is 2. The van der Waals surface area contributed by atoms with E-state index in [0.717, 1.165) is 34.6 Å². The Kier molecular flexibility index (Phi) is 11.6. The molecule has 1 amide bonds. The van der Waals surface area contributed by atoms with Crippen LogP contribution >= 0.6 is 15.6 Å². The molecule has 3 fully saturated rings. The maximum absolute atomic E-state index is 13.5. The number of anilines is 2. The number of rotatable bonds is 15. The Labute approximate surface area is 338 Å². The molecule has 0 aromatic carbocycles. The minimum Gasteiger partial charge on any atom is -0.394 e. The van der Waals surface area contributed by atoms with Gasteiger partial charge in [-0.2, -0.15) is 0 Å². The standard InChI is InChI=1S/C28H36N14O17P2/c29-20-12-24(34-4-32-20)40(6-36-12)27-18(15(45)9(1-43)55-27)58-61(51,52)54-3-11-16(46)19(28(57-11)41-7-37-13-21(30)33-5-35-25(13)41)59-60(49,50)53-2-10-14(44)17(47)26(56-10)42-8-38-23(39-42)22(31)48/h4-11,14-19,26-28,43-47H,1-3H2,(H2,31,48)(H,49,50)(H,51,52)(H2,29,32,34)(H2,30,33,35)/t9-,10-,11-,14-,15-,16-,17-,18-,19-,26-,27-,28-/m1/s1. The van der Waals surface area contributed by atoms with Gasteiger partial charge in [0, 0.05) is 0 Å². The van der Waals surface area contributed by atoms with Crippen molar-refractivity contribution in [1.29, 1.82) is 0 Å². The molecule has 3 aliphatic heterocycles. The van der Waals surface area contributed by atoms with E-state index in [1.807, 2.05) is 0 Å². The third kappa shape index (κ3) is 8.18. The van der Waals surface area contributed by atoms with Crippen molar-refractivity contribution in [2.75, 3.05) is 31.3 Å². The van der Waals surface area contributed by atoms with E-state index >= 15 is 0 Å². The first-order chi connectivity index (χ1) is 29.0. The molecule has 5 aromatic heterocycles. The number of ether oxygens (including phenoxy) is 3. The number of nitrogens with zero attached hydrogens (tertiary/aromatic N) is 11. The molecule has 0 radical (unpaired) electrons. The summed E-state index contributed by atoms with van der Waals surface area (Å²) in [5, 5.41) is 57.1. The summed E-state index contributed by atoms with van der Waals surface area (Å²) in [6.07, 6.45) is -14.1. The summed E-state index contributed by atoms with van der Waals surface area (Å²) < 4.78 is 68.4. The van der Waals surface area contributed by atoms with Crippen molar-refractivity contribution in [2.45, 2.75) is 73.6 Å². The molecule has 8 rings (SSSR count). The number of aliphatic hydroxyl groups excluding tert-OH is 5. The molecule has 0 spiro atoms. The molecule has 33 heteroatoms. The molecule has 13 N–H and O–H groups in total. The summed E-state index contributed by atoms with van der Waals surface area (Å²) in [7, 11) is -10.6. The van der Waals surface area contributed by atoms with Crippen LogP contribution in [0.4, 0.5) is 11.6 Å². The van der Waals surface area contributed by atoms with Gasteiger partial charge in [0.15, 0.2) is 41.6 Å². The molecule has 61 heavy (non-hydrogen) atoms. The summed E-state index contributed by atoms with van der Waals surface area (Å²) in [5.41, 5.74) is 17.2. The van der Waals surface area contributed by atoms with E-state index in [0.29, 0.717) is 0 Å². The summed E-state index contributed by atoms with van der Waals surface area (Å²) in [4.78, 5) is 61.0. The Hall–Kier alpha value is -4.79. The monoisotopic (exact) mass is 902 g/mol. The number of imidazole rings is 2. The zero-order valence-corrected chi connectivity index (χ0v) is 32.5. The highest BCUT2D eigenvalue weighted by Crippen LogP contribution is 2.52. The topological polar surface area (TPSA) is 453 Å². The quantitative estimate of drug-likeness (QED) is 0.0442. The SMILES string of the molecule is NC(=O)c1ncn([C@@H]2O[C@H](COP(=O)(O)O[C@@H]3[C@H](O)[C@@H](COP(=O)(O)O[C@@H]4[C@H](O)[C@@H](CO)O[C@H]4n4cnc5c(N)ncnc54)O[C@H]3n3cnc4c(N)ncnc43)[C@@H](O)[C@H]2O)n1. The number of phosphoric acid groups is 2. The third-order valence-corrected chi connectivity index (χ3v) is 11.7. The summed E-state index contributed by atoms with van der Waals surface area (Å²) in [5.74, 6) is -1.48. The van der Waals surface area contributed by atoms with E-state index in [1.54, 1.807) is 0 Å². The number of hydrogen-bond donors (Lipinski definition) is 10. The Balaban J connectivity index is 0.982. The maximum Gasteiger partial charge on any atom is 0.472 e. The highest BCUT2D eigenvalue weighted by Gasteiger charge is 2.53. The van der Waals surface area contributed by atoms with Crippen LogP contribution in [0, 0.1) is 0 Å². The molecule has 14 atom stereocenters. The number of carbonyl (C=O) groups is 1. The normalized spacial score (nSPS) is 32.4. The average Bonchev–Trinajstić information content (AvgIpc) is 4.08. The van der Waals surface area contributed by atoms with Crippen molar-refractivity contribution in [3.8, 4) is 0 Å². The van der Waals surface area contributed by atoms with Gasteiger partial charge in [0.2, 0.25) is 5.82 Å². The fraction of sp³-hybridized carbons (Fsp3) is 0.536. The molecule has 3 saturated heterocycles. The van der Waals surface area contributed by atoms with E-state index < -0.39 is 121 Å². The largest absolute Gasteiger partial charge is 0.472 e. The summed E-state index contributed by atoms with van der Waals surface area (Å²) in [6, 6.07) is 0. The van der Waals surface area contributed by atoms with Gasteiger partial charge in [-0.1, -0.05) is 0 Å². The number of aliphatic hydroxyl groups is 5. The molecule has 8 heterocycles. The predicted octanol–water partition coefficient (Wildman–Crippen LogP) is -4.65. The molecular weight excluding hydrogens is 866 g/mol. The maximum atomic E-state index is 13.5. The van der Waals surface area contributed by atoms with E-state index in [-0.39, 0.29) is 34.0 Å². The molecule has 0 aliphatic carbocycles. The van der Waals surface area contributed by atoms with Gasteiger partial charge in [-0.05, 0) is 0 Å². The number of nitrogen functional groups attached to an aromatic ring is 2. The van der Waals surface area contributed by atoms with Crippen LogP contribution in [-0.4, -0.2) is 170 Å². The van der Waals surface area contributed by atoms with Crippen LogP contribution in [0.3, 0.4) is 0 Å². The molecule has 330 valence electrons.